The number of hydrogen-bond acceptors (Lipinski definition) is 3. The Kier molecular flexibility index (Phi) is 5.69. The predicted molar refractivity (Wildman–Crippen MR) is 87.0 cm³/mol. The number of nitrogens with one attached hydrogen (secondary N) is 1. The fraction of sp³-hybridized carbons (Fsp3) is 0.231. The van der Waals surface area contributed by atoms with Gasteiger partial charge in [0.25, 0.3) is 0 Å². The van der Waals surface area contributed by atoms with Crippen LogP contribution < -0.4 is 11.3 Å². The minimum Gasteiger partial charge on any atom is -0.271 e. The fourth-order valence-electron chi connectivity index (χ4n) is 1.84. The Morgan fingerprint density at radius 2 is 2.00 bits per heavy atom. The molecule has 1 aromatic carbocycles. The lowest BCUT2D eigenvalue weighted by atomic mass is 10.0. The lowest BCUT2D eigenvalue weighted by Crippen LogP contribution is -2.38. The van der Waals surface area contributed by atoms with E-state index in [2.05, 4.69) is 26.7 Å². The summed E-state index contributed by atoms with van der Waals surface area (Å²) < 4.78 is 1.13. The molecule has 0 spiro atoms. The van der Waals surface area contributed by atoms with Gasteiger partial charge in [0, 0.05) is 15.4 Å². The second kappa shape index (κ2) is 7.07. The normalized spacial score (nSPS) is 12.6. The maximum absolute atomic E-state index is 6.02. The fourth-order valence-corrected chi connectivity index (χ4v) is 3.75. The van der Waals surface area contributed by atoms with E-state index in [4.69, 9.17) is 29.0 Å². The predicted octanol–water partition coefficient (Wildman–Crippen LogP) is 4.43. The molecule has 2 rings (SSSR count). The van der Waals surface area contributed by atoms with Crippen LogP contribution in [0.5, 0.6) is 0 Å². The van der Waals surface area contributed by atoms with E-state index in [0.717, 1.165) is 22.9 Å². The van der Waals surface area contributed by atoms with Gasteiger partial charge < -0.3 is 0 Å². The SMILES string of the molecule is NNC(Cc1ccc(Cl)c(Cl)c1)Cc1sccc1Br. The summed E-state index contributed by atoms with van der Waals surface area (Å²) in [7, 11) is 0. The van der Waals surface area contributed by atoms with Gasteiger partial charge in [0.05, 0.1) is 10.0 Å². The zero-order chi connectivity index (χ0) is 13.8. The number of benzene rings is 1. The third-order valence-corrected chi connectivity index (χ3v) is 5.51. The lowest BCUT2D eigenvalue weighted by Gasteiger charge is -2.15. The molecule has 1 atom stereocenters. The van der Waals surface area contributed by atoms with Gasteiger partial charge in [-0.1, -0.05) is 29.3 Å². The Morgan fingerprint density at radius 1 is 1.21 bits per heavy atom. The number of thiophene rings is 1. The average Bonchev–Trinajstić information content (AvgIpc) is 2.78. The molecule has 0 aliphatic heterocycles. The summed E-state index contributed by atoms with van der Waals surface area (Å²) in [6, 6.07) is 7.88. The first-order valence-corrected chi connectivity index (χ1v) is 8.15. The topological polar surface area (TPSA) is 38.0 Å². The van der Waals surface area contributed by atoms with E-state index in [9.17, 15) is 0 Å². The highest BCUT2D eigenvalue weighted by Crippen LogP contribution is 2.26. The standard InChI is InChI=1S/C13H13BrCl2N2S/c14-10-3-4-19-13(10)7-9(18-17)5-8-1-2-11(15)12(16)6-8/h1-4,6,9,18H,5,7,17H2. The van der Waals surface area contributed by atoms with Crippen molar-refractivity contribution in [2.24, 2.45) is 5.84 Å². The van der Waals surface area contributed by atoms with Gasteiger partial charge in [-0.05, 0) is 57.9 Å². The first-order valence-electron chi connectivity index (χ1n) is 5.72. The van der Waals surface area contributed by atoms with Crippen molar-refractivity contribution in [2.45, 2.75) is 18.9 Å². The van der Waals surface area contributed by atoms with Gasteiger partial charge >= 0.3 is 0 Å². The molecular formula is C13H13BrCl2N2S. The van der Waals surface area contributed by atoms with Crippen LogP contribution in [0.15, 0.2) is 34.1 Å². The highest BCUT2D eigenvalue weighted by molar-refractivity contribution is 9.10. The molecule has 0 saturated carbocycles. The van der Waals surface area contributed by atoms with E-state index in [0.29, 0.717) is 10.0 Å². The van der Waals surface area contributed by atoms with Gasteiger partial charge in [0.2, 0.25) is 0 Å². The minimum absolute atomic E-state index is 0.159. The summed E-state index contributed by atoms with van der Waals surface area (Å²) >= 11 is 17.2. The number of rotatable bonds is 5. The van der Waals surface area contributed by atoms with Crippen molar-refractivity contribution in [3.8, 4) is 0 Å². The quantitative estimate of drug-likeness (QED) is 0.595. The summed E-state index contributed by atoms with van der Waals surface area (Å²) in [5.74, 6) is 5.64. The highest BCUT2D eigenvalue weighted by Gasteiger charge is 2.12. The Bertz CT molecular complexity index is 559. The monoisotopic (exact) mass is 378 g/mol. The smallest absolute Gasteiger partial charge is 0.0595 e. The first-order chi connectivity index (χ1) is 9.10. The van der Waals surface area contributed by atoms with Gasteiger partial charge in [-0.2, -0.15) is 0 Å². The zero-order valence-corrected chi connectivity index (χ0v) is 13.9. The Balaban J connectivity index is 2.06. The molecule has 1 aromatic heterocycles. The summed E-state index contributed by atoms with van der Waals surface area (Å²) in [5, 5.41) is 3.21. The summed E-state index contributed by atoms with van der Waals surface area (Å²) in [4.78, 5) is 1.28. The third-order valence-electron chi connectivity index (χ3n) is 2.82. The van der Waals surface area contributed by atoms with Crippen molar-refractivity contribution in [3.05, 3.63) is 54.6 Å². The van der Waals surface area contributed by atoms with Crippen LogP contribution in [0.25, 0.3) is 0 Å². The van der Waals surface area contributed by atoms with E-state index in [-0.39, 0.29) is 6.04 Å². The number of nitrogens with two attached hydrogens (primary N) is 1. The third kappa shape index (κ3) is 4.18. The number of halogens is 3. The van der Waals surface area contributed by atoms with Gasteiger partial charge in [-0.3, -0.25) is 11.3 Å². The molecule has 2 nitrogen and oxygen atoms in total. The van der Waals surface area contributed by atoms with Crippen molar-refractivity contribution in [2.75, 3.05) is 0 Å². The number of hydrazine groups is 1. The summed E-state index contributed by atoms with van der Waals surface area (Å²) in [5.41, 5.74) is 3.98. The maximum atomic E-state index is 6.02. The van der Waals surface area contributed by atoms with Crippen LogP contribution in [0.4, 0.5) is 0 Å². The van der Waals surface area contributed by atoms with Gasteiger partial charge in [-0.25, -0.2) is 0 Å². The molecule has 0 bridgehead atoms. The second-order valence-corrected chi connectivity index (χ2v) is 6.88. The zero-order valence-electron chi connectivity index (χ0n) is 10.00. The van der Waals surface area contributed by atoms with Crippen LogP contribution in [0.2, 0.25) is 10.0 Å². The van der Waals surface area contributed by atoms with Gasteiger partial charge in [0.15, 0.2) is 0 Å². The van der Waals surface area contributed by atoms with E-state index < -0.39 is 0 Å². The molecule has 1 heterocycles. The number of hydrogen-bond donors (Lipinski definition) is 2. The Labute approximate surface area is 135 Å². The van der Waals surface area contributed by atoms with E-state index in [1.54, 1.807) is 11.3 Å². The molecule has 3 N–H and O–H groups in total. The molecule has 102 valence electrons. The minimum atomic E-state index is 0.159. The Morgan fingerprint density at radius 3 is 2.58 bits per heavy atom. The van der Waals surface area contributed by atoms with Crippen LogP contribution in [0.1, 0.15) is 10.4 Å². The van der Waals surface area contributed by atoms with Gasteiger partial charge in [0.1, 0.15) is 0 Å². The molecule has 6 heteroatoms. The van der Waals surface area contributed by atoms with Crippen molar-refractivity contribution in [3.63, 3.8) is 0 Å². The highest BCUT2D eigenvalue weighted by atomic mass is 79.9. The molecule has 0 amide bonds. The van der Waals surface area contributed by atoms with Crippen LogP contribution in [-0.4, -0.2) is 6.04 Å². The summed E-state index contributed by atoms with van der Waals surface area (Å²) in [6.07, 6.45) is 1.67. The van der Waals surface area contributed by atoms with E-state index >= 15 is 0 Å². The van der Waals surface area contributed by atoms with Crippen molar-refractivity contribution in [1.82, 2.24) is 5.43 Å². The molecule has 0 saturated heterocycles. The summed E-state index contributed by atoms with van der Waals surface area (Å²) in [6.45, 7) is 0. The van der Waals surface area contributed by atoms with Crippen LogP contribution in [0.3, 0.4) is 0 Å². The van der Waals surface area contributed by atoms with Crippen LogP contribution >= 0.6 is 50.5 Å². The van der Waals surface area contributed by atoms with Crippen molar-refractivity contribution >= 4 is 50.5 Å². The molecule has 0 fully saturated rings. The molecule has 1 unspecified atom stereocenters. The van der Waals surface area contributed by atoms with Crippen molar-refractivity contribution in [1.29, 1.82) is 0 Å². The molecular weight excluding hydrogens is 367 g/mol. The van der Waals surface area contributed by atoms with Crippen molar-refractivity contribution < 1.29 is 0 Å². The molecule has 19 heavy (non-hydrogen) atoms. The molecule has 0 aliphatic rings. The molecule has 2 aromatic rings. The second-order valence-electron chi connectivity index (χ2n) is 4.21. The molecule has 0 aliphatic carbocycles. The average molecular weight is 380 g/mol. The largest absolute Gasteiger partial charge is 0.271 e. The van der Waals surface area contributed by atoms with E-state index in [1.807, 2.05) is 24.3 Å². The van der Waals surface area contributed by atoms with Crippen LogP contribution in [0, 0.1) is 0 Å². The van der Waals surface area contributed by atoms with Crippen LogP contribution in [-0.2, 0) is 12.8 Å². The first kappa shape index (κ1) is 15.3. The molecule has 0 radical (unpaired) electrons. The van der Waals surface area contributed by atoms with E-state index in [1.165, 1.54) is 4.88 Å². The lowest BCUT2D eigenvalue weighted by molar-refractivity contribution is 0.525. The maximum Gasteiger partial charge on any atom is 0.0595 e. The Hall–Kier alpha value is -0.100. The van der Waals surface area contributed by atoms with Gasteiger partial charge in [-0.15, -0.1) is 11.3 Å².